The molecule has 0 saturated carbocycles. The Kier molecular flexibility index (Phi) is 7.45. The average Bonchev–Trinajstić information content (AvgIpc) is 2.48. The van der Waals surface area contributed by atoms with Gasteiger partial charge in [-0.3, -0.25) is 0 Å². The first-order valence-corrected chi connectivity index (χ1v) is 7.90. The normalized spacial score (nSPS) is 12.2. The fraction of sp³-hybridized carbons (Fsp3) is 0.647. The Morgan fingerprint density at radius 2 is 1.85 bits per heavy atom. The standard InChI is InChI=1S/C17H30N2O/c1-6-14(5)18-13-15-10-11-16(19(7-2)8-3)17(12-15)20-9-4/h10-12,14,18H,6-9,13H2,1-5H3. The minimum atomic E-state index is 0.549. The molecule has 1 aromatic carbocycles. The second kappa shape index (κ2) is 8.85. The molecule has 0 amide bonds. The summed E-state index contributed by atoms with van der Waals surface area (Å²) in [4.78, 5) is 2.33. The molecule has 1 aromatic rings. The first kappa shape index (κ1) is 16.8. The molecule has 0 radical (unpaired) electrons. The summed E-state index contributed by atoms with van der Waals surface area (Å²) in [5.41, 5.74) is 2.48. The Hall–Kier alpha value is -1.22. The monoisotopic (exact) mass is 278 g/mol. The number of rotatable bonds is 9. The smallest absolute Gasteiger partial charge is 0.142 e. The SMILES string of the molecule is CCOc1cc(CNC(C)CC)ccc1N(CC)CC. The first-order chi connectivity index (χ1) is 9.65. The van der Waals surface area contributed by atoms with Gasteiger partial charge in [-0.2, -0.15) is 0 Å². The van der Waals surface area contributed by atoms with E-state index in [0.29, 0.717) is 12.6 Å². The molecule has 0 spiro atoms. The topological polar surface area (TPSA) is 24.5 Å². The number of ether oxygens (including phenoxy) is 1. The van der Waals surface area contributed by atoms with E-state index in [-0.39, 0.29) is 0 Å². The van der Waals surface area contributed by atoms with Crippen LogP contribution in [-0.2, 0) is 6.54 Å². The van der Waals surface area contributed by atoms with Crippen LogP contribution < -0.4 is 15.0 Å². The van der Waals surface area contributed by atoms with Crippen molar-refractivity contribution in [2.45, 2.75) is 53.6 Å². The van der Waals surface area contributed by atoms with Gasteiger partial charge in [0.1, 0.15) is 5.75 Å². The molecule has 0 fully saturated rings. The van der Waals surface area contributed by atoms with Crippen molar-refractivity contribution >= 4 is 5.69 Å². The van der Waals surface area contributed by atoms with Crippen LogP contribution in [0, 0.1) is 0 Å². The lowest BCUT2D eigenvalue weighted by Gasteiger charge is -2.24. The quantitative estimate of drug-likeness (QED) is 0.743. The third-order valence-electron chi connectivity index (χ3n) is 3.70. The maximum atomic E-state index is 5.83. The van der Waals surface area contributed by atoms with Gasteiger partial charge in [0.25, 0.3) is 0 Å². The van der Waals surface area contributed by atoms with Gasteiger partial charge in [-0.1, -0.05) is 13.0 Å². The highest BCUT2D eigenvalue weighted by Crippen LogP contribution is 2.29. The molecule has 3 nitrogen and oxygen atoms in total. The van der Waals surface area contributed by atoms with Crippen molar-refractivity contribution in [3.63, 3.8) is 0 Å². The molecule has 0 heterocycles. The summed E-state index contributed by atoms with van der Waals surface area (Å²) >= 11 is 0. The van der Waals surface area contributed by atoms with Crippen molar-refractivity contribution in [1.82, 2.24) is 5.32 Å². The van der Waals surface area contributed by atoms with Crippen LogP contribution in [0.1, 0.15) is 46.6 Å². The predicted octanol–water partition coefficient (Wildman–Crippen LogP) is 3.82. The van der Waals surface area contributed by atoms with E-state index in [4.69, 9.17) is 4.74 Å². The van der Waals surface area contributed by atoms with Gasteiger partial charge in [0.05, 0.1) is 12.3 Å². The van der Waals surface area contributed by atoms with Crippen molar-refractivity contribution in [3.8, 4) is 5.75 Å². The molecule has 1 unspecified atom stereocenters. The Labute approximate surface area is 124 Å². The molecule has 114 valence electrons. The molecule has 1 atom stereocenters. The summed E-state index contributed by atoms with van der Waals surface area (Å²) in [6, 6.07) is 7.11. The van der Waals surface area contributed by atoms with Crippen LogP contribution >= 0.6 is 0 Å². The van der Waals surface area contributed by atoms with E-state index < -0.39 is 0 Å². The number of nitrogens with one attached hydrogen (secondary N) is 1. The van der Waals surface area contributed by atoms with E-state index in [2.05, 4.69) is 56.1 Å². The zero-order valence-electron chi connectivity index (χ0n) is 13.7. The minimum absolute atomic E-state index is 0.549. The van der Waals surface area contributed by atoms with E-state index in [1.807, 2.05) is 6.92 Å². The Balaban J connectivity index is 2.88. The maximum absolute atomic E-state index is 5.83. The molecule has 0 saturated heterocycles. The molecular weight excluding hydrogens is 248 g/mol. The zero-order valence-corrected chi connectivity index (χ0v) is 13.7. The lowest BCUT2D eigenvalue weighted by molar-refractivity contribution is 0.340. The molecular formula is C17H30N2O. The van der Waals surface area contributed by atoms with Gasteiger partial charge >= 0.3 is 0 Å². The van der Waals surface area contributed by atoms with E-state index in [1.165, 1.54) is 11.3 Å². The molecule has 0 aliphatic heterocycles. The maximum Gasteiger partial charge on any atom is 0.142 e. The van der Waals surface area contributed by atoms with Crippen molar-refractivity contribution in [3.05, 3.63) is 23.8 Å². The highest BCUT2D eigenvalue weighted by atomic mass is 16.5. The number of hydrogen-bond acceptors (Lipinski definition) is 3. The molecule has 20 heavy (non-hydrogen) atoms. The number of nitrogens with zero attached hydrogens (tertiary/aromatic N) is 1. The van der Waals surface area contributed by atoms with Crippen LogP contribution in [0.4, 0.5) is 5.69 Å². The van der Waals surface area contributed by atoms with Crippen molar-refractivity contribution in [2.75, 3.05) is 24.6 Å². The lowest BCUT2D eigenvalue weighted by atomic mass is 10.1. The van der Waals surface area contributed by atoms with E-state index >= 15 is 0 Å². The van der Waals surface area contributed by atoms with Crippen molar-refractivity contribution in [2.24, 2.45) is 0 Å². The summed E-state index contributed by atoms with van der Waals surface area (Å²) in [6.45, 7) is 14.4. The molecule has 0 aromatic heterocycles. The highest BCUT2D eigenvalue weighted by molar-refractivity contribution is 5.59. The number of benzene rings is 1. The first-order valence-electron chi connectivity index (χ1n) is 7.90. The second-order valence-corrected chi connectivity index (χ2v) is 5.10. The van der Waals surface area contributed by atoms with Crippen LogP contribution in [0.5, 0.6) is 5.75 Å². The van der Waals surface area contributed by atoms with Crippen LogP contribution in [-0.4, -0.2) is 25.7 Å². The van der Waals surface area contributed by atoms with Crippen LogP contribution in [0.25, 0.3) is 0 Å². The minimum Gasteiger partial charge on any atom is -0.492 e. The highest BCUT2D eigenvalue weighted by Gasteiger charge is 2.10. The van der Waals surface area contributed by atoms with Crippen LogP contribution in [0.2, 0.25) is 0 Å². The van der Waals surface area contributed by atoms with Crippen LogP contribution in [0.3, 0.4) is 0 Å². The van der Waals surface area contributed by atoms with Crippen molar-refractivity contribution in [1.29, 1.82) is 0 Å². The van der Waals surface area contributed by atoms with Gasteiger partial charge in [0.15, 0.2) is 0 Å². The van der Waals surface area contributed by atoms with Gasteiger partial charge in [0.2, 0.25) is 0 Å². The zero-order chi connectivity index (χ0) is 15.0. The molecule has 0 aliphatic carbocycles. The van der Waals surface area contributed by atoms with E-state index in [9.17, 15) is 0 Å². The van der Waals surface area contributed by atoms with Gasteiger partial charge in [-0.15, -0.1) is 0 Å². The van der Waals surface area contributed by atoms with E-state index in [0.717, 1.165) is 31.8 Å². The summed E-state index contributed by atoms with van der Waals surface area (Å²) in [6.07, 6.45) is 1.15. The van der Waals surface area contributed by atoms with Crippen molar-refractivity contribution < 1.29 is 4.74 Å². The predicted molar refractivity (Wildman–Crippen MR) is 87.8 cm³/mol. The third kappa shape index (κ3) is 4.71. The molecule has 0 bridgehead atoms. The van der Waals surface area contributed by atoms with Gasteiger partial charge < -0.3 is 15.0 Å². The molecule has 3 heteroatoms. The lowest BCUT2D eigenvalue weighted by Crippen LogP contribution is -2.25. The fourth-order valence-electron chi connectivity index (χ4n) is 2.20. The summed E-state index contributed by atoms with van der Waals surface area (Å²) in [5.74, 6) is 1.000. The largest absolute Gasteiger partial charge is 0.492 e. The second-order valence-electron chi connectivity index (χ2n) is 5.10. The van der Waals surface area contributed by atoms with Gasteiger partial charge in [-0.05, 0) is 51.8 Å². The molecule has 1 rings (SSSR count). The fourth-order valence-corrected chi connectivity index (χ4v) is 2.20. The molecule has 1 N–H and O–H groups in total. The van der Waals surface area contributed by atoms with E-state index in [1.54, 1.807) is 0 Å². The molecule has 0 aliphatic rings. The third-order valence-corrected chi connectivity index (χ3v) is 3.70. The average molecular weight is 278 g/mol. The van der Waals surface area contributed by atoms with Gasteiger partial charge in [0, 0.05) is 25.7 Å². The number of anilines is 1. The Morgan fingerprint density at radius 3 is 2.40 bits per heavy atom. The summed E-state index contributed by atoms with van der Waals surface area (Å²) in [5, 5.41) is 3.53. The van der Waals surface area contributed by atoms with Crippen LogP contribution in [0.15, 0.2) is 18.2 Å². The Bertz CT molecular complexity index is 389. The summed E-state index contributed by atoms with van der Waals surface area (Å²) in [7, 11) is 0. The summed E-state index contributed by atoms with van der Waals surface area (Å²) < 4.78 is 5.83. The van der Waals surface area contributed by atoms with Gasteiger partial charge in [-0.25, -0.2) is 0 Å². The Morgan fingerprint density at radius 1 is 1.15 bits per heavy atom. The number of hydrogen-bond donors (Lipinski definition) is 1.